The van der Waals surface area contributed by atoms with E-state index in [0.717, 1.165) is 15.4 Å². The number of benzene rings is 2. The molecule has 3 aromatic rings. The first-order valence-electron chi connectivity index (χ1n) is 7.75. The number of aromatic nitrogens is 2. The minimum absolute atomic E-state index is 0.240. The van der Waals surface area contributed by atoms with Gasteiger partial charge in [-0.3, -0.25) is 14.2 Å². The molecule has 1 amide bonds. The van der Waals surface area contributed by atoms with Crippen molar-refractivity contribution in [2.75, 3.05) is 16.2 Å². The molecule has 0 fully saturated rings. The minimum Gasteiger partial charge on any atom is -0.321 e. The lowest BCUT2D eigenvalue weighted by Crippen LogP contribution is -2.35. The molecule has 1 aromatic heterocycles. The van der Waals surface area contributed by atoms with Gasteiger partial charge in [0.25, 0.3) is 10.0 Å². The Morgan fingerprint density at radius 3 is 2.60 bits per heavy atom. The molecule has 0 atom stereocenters. The standard InChI is InChI=1S/C17H16N4O3S/c1-10-17(11(2)20-19-10)18-15(22)9-21-13-7-3-5-12-6-4-8-14(16(12)13)25(21,23)24/h3-8H,9H2,1-2H3,(H,18,22)(H,19,20). The van der Waals surface area contributed by atoms with E-state index in [9.17, 15) is 13.2 Å². The highest BCUT2D eigenvalue weighted by Gasteiger charge is 2.36. The maximum absolute atomic E-state index is 12.9. The fourth-order valence-electron chi connectivity index (χ4n) is 3.17. The molecule has 0 radical (unpaired) electrons. The molecule has 0 saturated carbocycles. The van der Waals surface area contributed by atoms with Gasteiger partial charge in [-0.15, -0.1) is 0 Å². The van der Waals surface area contributed by atoms with Crippen LogP contribution in [-0.4, -0.2) is 31.1 Å². The van der Waals surface area contributed by atoms with Crippen molar-refractivity contribution < 1.29 is 13.2 Å². The van der Waals surface area contributed by atoms with Crippen LogP contribution in [0.15, 0.2) is 41.3 Å². The molecule has 2 heterocycles. The highest BCUT2D eigenvalue weighted by molar-refractivity contribution is 7.93. The lowest BCUT2D eigenvalue weighted by atomic mass is 10.1. The summed E-state index contributed by atoms with van der Waals surface area (Å²) in [5.41, 5.74) is 2.49. The van der Waals surface area contributed by atoms with E-state index in [1.54, 1.807) is 38.1 Å². The number of carbonyl (C=O) groups is 1. The van der Waals surface area contributed by atoms with Crippen LogP contribution < -0.4 is 9.62 Å². The summed E-state index contributed by atoms with van der Waals surface area (Å²) in [7, 11) is -3.74. The summed E-state index contributed by atoms with van der Waals surface area (Å²) in [6, 6.07) is 10.5. The van der Waals surface area contributed by atoms with Gasteiger partial charge in [-0.1, -0.05) is 24.3 Å². The van der Waals surface area contributed by atoms with Gasteiger partial charge in [-0.25, -0.2) is 8.42 Å². The number of sulfonamides is 1. The number of aryl methyl sites for hydroxylation is 2. The Labute approximate surface area is 144 Å². The van der Waals surface area contributed by atoms with E-state index >= 15 is 0 Å². The highest BCUT2D eigenvalue weighted by Crippen LogP contribution is 2.41. The zero-order chi connectivity index (χ0) is 17.8. The molecule has 4 rings (SSSR count). The van der Waals surface area contributed by atoms with E-state index in [1.165, 1.54) is 0 Å². The third-order valence-electron chi connectivity index (χ3n) is 4.36. The molecule has 25 heavy (non-hydrogen) atoms. The van der Waals surface area contributed by atoms with Gasteiger partial charge in [0.2, 0.25) is 5.91 Å². The molecule has 0 aliphatic carbocycles. The Morgan fingerprint density at radius 2 is 1.92 bits per heavy atom. The first-order valence-corrected chi connectivity index (χ1v) is 9.19. The van der Waals surface area contributed by atoms with E-state index in [4.69, 9.17) is 0 Å². The van der Waals surface area contributed by atoms with Crippen LogP contribution in [0, 0.1) is 13.8 Å². The van der Waals surface area contributed by atoms with Crippen LogP contribution in [0.3, 0.4) is 0 Å². The summed E-state index contributed by atoms with van der Waals surface area (Å²) < 4.78 is 26.9. The van der Waals surface area contributed by atoms with Crippen molar-refractivity contribution in [3.8, 4) is 0 Å². The number of amides is 1. The SMILES string of the molecule is Cc1n[nH]c(C)c1NC(=O)CN1c2cccc3cccc(c23)S1(=O)=O. The van der Waals surface area contributed by atoms with Gasteiger partial charge in [0.1, 0.15) is 6.54 Å². The van der Waals surface area contributed by atoms with Gasteiger partial charge in [-0.2, -0.15) is 5.10 Å². The predicted molar refractivity (Wildman–Crippen MR) is 95.2 cm³/mol. The van der Waals surface area contributed by atoms with Crippen molar-refractivity contribution in [1.29, 1.82) is 0 Å². The van der Waals surface area contributed by atoms with Gasteiger partial charge in [0.15, 0.2) is 0 Å². The van der Waals surface area contributed by atoms with Crippen LogP contribution in [0.2, 0.25) is 0 Å². The molecule has 0 spiro atoms. The Balaban J connectivity index is 1.70. The second-order valence-electron chi connectivity index (χ2n) is 6.00. The summed E-state index contributed by atoms with van der Waals surface area (Å²) in [6.45, 7) is 3.27. The molecular weight excluding hydrogens is 340 g/mol. The fraction of sp³-hybridized carbons (Fsp3) is 0.176. The summed E-state index contributed by atoms with van der Waals surface area (Å²) in [5, 5.41) is 11.0. The number of aromatic amines is 1. The van der Waals surface area contributed by atoms with Gasteiger partial charge in [-0.05, 0) is 31.4 Å². The number of nitrogens with one attached hydrogen (secondary N) is 2. The second-order valence-corrected chi connectivity index (χ2v) is 7.83. The van der Waals surface area contributed by atoms with E-state index in [2.05, 4.69) is 15.5 Å². The van der Waals surface area contributed by atoms with Crippen molar-refractivity contribution in [2.45, 2.75) is 18.7 Å². The molecular formula is C17H16N4O3S. The second kappa shape index (κ2) is 5.32. The van der Waals surface area contributed by atoms with Crippen LogP contribution in [-0.2, 0) is 14.8 Å². The summed E-state index contributed by atoms with van der Waals surface area (Å²) in [4.78, 5) is 12.7. The molecule has 8 heteroatoms. The van der Waals surface area contributed by atoms with Crippen molar-refractivity contribution >= 4 is 38.1 Å². The zero-order valence-corrected chi connectivity index (χ0v) is 14.5. The van der Waals surface area contributed by atoms with E-state index < -0.39 is 15.9 Å². The summed E-state index contributed by atoms with van der Waals surface area (Å²) >= 11 is 0. The molecule has 0 unspecified atom stereocenters. The molecule has 2 N–H and O–H groups in total. The van der Waals surface area contributed by atoms with Crippen LogP contribution in [0.4, 0.5) is 11.4 Å². The predicted octanol–water partition coefficient (Wildman–Crippen LogP) is 2.33. The lowest BCUT2D eigenvalue weighted by molar-refractivity contribution is -0.114. The van der Waals surface area contributed by atoms with Crippen molar-refractivity contribution in [2.24, 2.45) is 0 Å². The number of H-pyrrole nitrogens is 1. The summed E-state index contributed by atoms with van der Waals surface area (Å²) in [6.07, 6.45) is 0. The minimum atomic E-state index is -3.74. The molecule has 1 aliphatic heterocycles. The normalized spacial score (nSPS) is 14.9. The average Bonchev–Trinajstić information content (AvgIpc) is 3.00. The number of anilines is 2. The Bertz CT molecular complexity index is 1090. The smallest absolute Gasteiger partial charge is 0.265 e. The maximum atomic E-state index is 12.9. The third-order valence-corrected chi connectivity index (χ3v) is 6.16. The van der Waals surface area contributed by atoms with Crippen LogP contribution >= 0.6 is 0 Å². The van der Waals surface area contributed by atoms with Crippen LogP contribution in [0.5, 0.6) is 0 Å². The molecule has 2 aromatic carbocycles. The Morgan fingerprint density at radius 1 is 1.20 bits per heavy atom. The first kappa shape index (κ1) is 15.6. The van der Waals surface area contributed by atoms with Crippen molar-refractivity contribution in [3.05, 3.63) is 47.8 Å². The third kappa shape index (κ3) is 2.29. The Kier molecular flexibility index (Phi) is 3.33. The largest absolute Gasteiger partial charge is 0.321 e. The van der Waals surface area contributed by atoms with Crippen LogP contribution in [0.1, 0.15) is 11.4 Å². The number of hydrogen-bond acceptors (Lipinski definition) is 4. The first-order chi connectivity index (χ1) is 11.9. The summed E-state index contributed by atoms with van der Waals surface area (Å²) in [5.74, 6) is -0.416. The maximum Gasteiger partial charge on any atom is 0.265 e. The van der Waals surface area contributed by atoms with E-state index in [1.807, 2.05) is 12.1 Å². The van der Waals surface area contributed by atoms with Crippen LogP contribution in [0.25, 0.3) is 10.8 Å². The van der Waals surface area contributed by atoms with Gasteiger partial charge < -0.3 is 5.32 Å². The number of nitrogens with zero attached hydrogens (tertiary/aromatic N) is 2. The quantitative estimate of drug-likeness (QED) is 0.753. The van der Waals surface area contributed by atoms with Gasteiger partial charge in [0.05, 0.1) is 27.7 Å². The molecule has 1 aliphatic rings. The van der Waals surface area contributed by atoms with Gasteiger partial charge in [0, 0.05) is 5.39 Å². The number of hydrogen-bond donors (Lipinski definition) is 2. The number of rotatable bonds is 3. The number of carbonyl (C=O) groups excluding carboxylic acids is 1. The Hall–Kier alpha value is -2.87. The molecule has 0 saturated heterocycles. The van der Waals surface area contributed by atoms with Crippen molar-refractivity contribution in [1.82, 2.24) is 10.2 Å². The fourth-order valence-corrected chi connectivity index (χ4v) is 4.84. The molecule has 0 bridgehead atoms. The van der Waals surface area contributed by atoms with Gasteiger partial charge >= 0.3 is 0 Å². The van der Waals surface area contributed by atoms with E-state index in [0.29, 0.717) is 22.5 Å². The topological polar surface area (TPSA) is 95.2 Å². The van der Waals surface area contributed by atoms with Crippen molar-refractivity contribution in [3.63, 3.8) is 0 Å². The molecule has 128 valence electrons. The molecule has 7 nitrogen and oxygen atoms in total. The lowest BCUT2D eigenvalue weighted by Gasteiger charge is -2.18. The highest BCUT2D eigenvalue weighted by atomic mass is 32.2. The van der Waals surface area contributed by atoms with E-state index in [-0.39, 0.29) is 11.4 Å². The average molecular weight is 356 g/mol. The zero-order valence-electron chi connectivity index (χ0n) is 13.7. The monoisotopic (exact) mass is 356 g/mol.